The summed E-state index contributed by atoms with van der Waals surface area (Å²) in [5.74, 6) is 0.546. The minimum absolute atomic E-state index is 0.0367. The standard InChI is InChI=1S/C25H31N3O5/c1-25(2)23(30)22(26-24(31)32)19-14-18(8-9-20(19)33-25)15-21(29)28-12-10-27(11-13-28)16-17-6-4-3-5-7-17/h3-9,14,22-23,26,30H,10-13,15-16H2,1-2H3,(H,31,32)/t22-,23+/m1/s1. The van der Waals surface area contributed by atoms with Gasteiger partial charge in [-0.3, -0.25) is 9.69 Å². The quantitative estimate of drug-likeness (QED) is 0.643. The summed E-state index contributed by atoms with van der Waals surface area (Å²) in [6, 6.07) is 14.8. The maximum Gasteiger partial charge on any atom is 0.405 e. The highest BCUT2D eigenvalue weighted by atomic mass is 16.5. The van der Waals surface area contributed by atoms with E-state index in [0.717, 1.165) is 25.2 Å². The van der Waals surface area contributed by atoms with E-state index in [4.69, 9.17) is 4.74 Å². The fourth-order valence-electron chi connectivity index (χ4n) is 4.53. The van der Waals surface area contributed by atoms with E-state index >= 15 is 0 Å². The molecule has 0 bridgehead atoms. The molecule has 0 radical (unpaired) electrons. The number of carbonyl (C=O) groups is 2. The fourth-order valence-corrected chi connectivity index (χ4v) is 4.53. The van der Waals surface area contributed by atoms with Crippen molar-refractivity contribution in [3.63, 3.8) is 0 Å². The van der Waals surface area contributed by atoms with Gasteiger partial charge in [-0.05, 0) is 37.1 Å². The Morgan fingerprint density at radius 1 is 1.06 bits per heavy atom. The Morgan fingerprint density at radius 2 is 1.76 bits per heavy atom. The van der Waals surface area contributed by atoms with E-state index in [1.165, 1.54) is 5.56 Å². The van der Waals surface area contributed by atoms with E-state index in [-0.39, 0.29) is 12.3 Å². The first-order chi connectivity index (χ1) is 15.7. The van der Waals surface area contributed by atoms with Crippen molar-refractivity contribution in [3.05, 3.63) is 65.2 Å². The van der Waals surface area contributed by atoms with Crippen LogP contribution >= 0.6 is 0 Å². The van der Waals surface area contributed by atoms with Gasteiger partial charge in [0.1, 0.15) is 17.5 Å². The molecule has 0 spiro atoms. The van der Waals surface area contributed by atoms with Crippen LogP contribution in [0.25, 0.3) is 0 Å². The largest absolute Gasteiger partial charge is 0.485 e. The minimum Gasteiger partial charge on any atom is -0.485 e. The molecule has 2 heterocycles. The molecule has 1 saturated heterocycles. The first-order valence-corrected chi connectivity index (χ1v) is 11.3. The Bertz CT molecular complexity index is 1000. The van der Waals surface area contributed by atoms with Crippen LogP contribution in [0.1, 0.15) is 36.6 Å². The average Bonchev–Trinajstić information content (AvgIpc) is 2.78. The highest BCUT2D eigenvalue weighted by Gasteiger charge is 2.43. The van der Waals surface area contributed by atoms with Crippen LogP contribution in [-0.2, 0) is 17.8 Å². The third-order valence-corrected chi connectivity index (χ3v) is 6.42. The zero-order valence-corrected chi connectivity index (χ0v) is 19.0. The number of piperazine rings is 1. The molecule has 0 saturated carbocycles. The van der Waals surface area contributed by atoms with E-state index in [1.54, 1.807) is 26.0 Å². The molecule has 0 unspecified atom stereocenters. The summed E-state index contributed by atoms with van der Waals surface area (Å²) in [4.78, 5) is 28.5. The number of hydrogen-bond acceptors (Lipinski definition) is 5. The lowest BCUT2D eigenvalue weighted by Gasteiger charge is -2.42. The molecular formula is C25H31N3O5. The molecule has 1 fully saturated rings. The number of hydrogen-bond donors (Lipinski definition) is 3. The Labute approximate surface area is 193 Å². The minimum atomic E-state index is -1.22. The number of nitrogens with zero attached hydrogens (tertiary/aromatic N) is 2. The number of benzene rings is 2. The number of amides is 2. The molecule has 2 aliphatic rings. The van der Waals surface area contributed by atoms with Crippen LogP contribution in [-0.4, -0.2) is 69.9 Å². The van der Waals surface area contributed by atoms with Crippen molar-refractivity contribution in [2.24, 2.45) is 0 Å². The highest BCUT2D eigenvalue weighted by molar-refractivity contribution is 5.79. The lowest BCUT2D eigenvalue weighted by Crippen LogP contribution is -2.53. The number of nitrogens with one attached hydrogen (secondary N) is 1. The molecule has 0 aromatic heterocycles. The van der Waals surface area contributed by atoms with Gasteiger partial charge in [0, 0.05) is 38.3 Å². The SMILES string of the molecule is CC1(C)Oc2ccc(CC(=O)N3CCN(Cc4ccccc4)CC3)cc2[C@@H](NC(=O)O)[C@@H]1O. The summed E-state index contributed by atoms with van der Waals surface area (Å²) in [6.07, 6.45) is -2.08. The molecule has 33 heavy (non-hydrogen) atoms. The van der Waals surface area contributed by atoms with Gasteiger partial charge in [-0.1, -0.05) is 36.4 Å². The summed E-state index contributed by atoms with van der Waals surface area (Å²) in [5.41, 5.74) is 1.63. The number of aliphatic hydroxyl groups is 1. The molecular weight excluding hydrogens is 422 g/mol. The smallest absolute Gasteiger partial charge is 0.405 e. The molecule has 176 valence electrons. The number of rotatable bonds is 5. The number of carbonyl (C=O) groups excluding carboxylic acids is 1. The van der Waals surface area contributed by atoms with Crippen LogP contribution in [0.2, 0.25) is 0 Å². The predicted octanol–water partition coefficient (Wildman–Crippen LogP) is 2.41. The molecule has 3 N–H and O–H groups in total. The topological polar surface area (TPSA) is 102 Å². The van der Waals surface area contributed by atoms with E-state index in [1.807, 2.05) is 29.2 Å². The Balaban J connectivity index is 1.40. The molecule has 2 atom stereocenters. The fraction of sp³-hybridized carbons (Fsp3) is 0.440. The van der Waals surface area contributed by atoms with Crippen LogP contribution < -0.4 is 10.1 Å². The lowest BCUT2D eigenvalue weighted by atomic mass is 9.85. The Morgan fingerprint density at radius 3 is 2.42 bits per heavy atom. The number of fused-ring (bicyclic) bond motifs is 1. The van der Waals surface area contributed by atoms with Gasteiger partial charge in [-0.25, -0.2) is 4.79 Å². The van der Waals surface area contributed by atoms with Crippen molar-refractivity contribution in [2.75, 3.05) is 26.2 Å². The van der Waals surface area contributed by atoms with Crippen molar-refractivity contribution in [1.82, 2.24) is 15.1 Å². The van der Waals surface area contributed by atoms with Gasteiger partial charge in [-0.15, -0.1) is 0 Å². The third kappa shape index (κ3) is 5.29. The second-order valence-electron chi connectivity index (χ2n) is 9.27. The van der Waals surface area contributed by atoms with Crippen molar-refractivity contribution in [1.29, 1.82) is 0 Å². The summed E-state index contributed by atoms with van der Waals surface area (Å²) in [7, 11) is 0. The van der Waals surface area contributed by atoms with Gasteiger partial charge in [-0.2, -0.15) is 0 Å². The van der Waals surface area contributed by atoms with Crippen molar-refractivity contribution in [3.8, 4) is 5.75 Å². The maximum atomic E-state index is 12.9. The first-order valence-electron chi connectivity index (χ1n) is 11.3. The molecule has 2 amide bonds. The number of carboxylic acid groups (broad SMARTS) is 1. The van der Waals surface area contributed by atoms with Gasteiger partial charge < -0.3 is 25.2 Å². The second kappa shape index (κ2) is 9.41. The normalized spacial score (nSPS) is 22.2. The van der Waals surface area contributed by atoms with Gasteiger partial charge >= 0.3 is 6.09 Å². The first kappa shape index (κ1) is 23.1. The van der Waals surface area contributed by atoms with E-state index in [9.17, 15) is 19.8 Å². The average molecular weight is 454 g/mol. The molecule has 4 rings (SSSR count). The van der Waals surface area contributed by atoms with Crippen molar-refractivity contribution >= 4 is 12.0 Å². The Hall–Kier alpha value is -3.10. The molecule has 8 nitrogen and oxygen atoms in total. The summed E-state index contributed by atoms with van der Waals surface area (Å²) in [5, 5.41) is 22.3. The maximum absolute atomic E-state index is 12.9. The monoisotopic (exact) mass is 453 g/mol. The van der Waals surface area contributed by atoms with E-state index < -0.39 is 23.8 Å². The van der Waals surface area contributed by atoms with Crippen molar-refractivity contribution in [2.45, 2.75) is 44.6 Å². The summed E-state index contributed by atoms with van der Waals surface area (Å²) < 4.78 is 5.90. The third-order valence-electron chi connectivity index (χ3n) is 6.42. The van der Waals surface area contributed by atoms with Crippen LogP contribution in [0.5, 0.6) is 5.75 Å². The highest BCUT2D eigenvalue weighted by Crippen LogP contribution is 2.40. The lowest BCUT2D eigenvalue weighted by molar-refractivity contribution is -0.132. The van der Waals surface area contributed by atoms with Crippen LogP contribution in [0.4, 0.5) is 4.79 Å². The number of aliphatic hydroxyl groups excluding tert-OH is 1. The zero-order chi connectivity index (χ0) is 23.6. The van der Waals surface area contributed by atoms with E-state index in [2.05, 4.69) is 22.3 Å². The summed E-state index contributed by atoms with van der Waals surface area (Å²) >= 11 is 0. The zero-order valence-electron chi connectivity index (χ0n) is 19.0. The van der Waals surface area contributed by atoms with Crippen LogP contribution in [0.15, 0.2) is 48.5 Å². The predicted molar refractivity (Wildman–Crippen MR) is 123 cm³/mol. The second-order valence-corrected chi connectivity index (χ2v) is 9.27. The van der Waals surface area contributed by atoms with Gasteiger partial charge in [0.2, 0.25) is 5.91 Å². The molecule has 2 aromatic carbocycles. The number of ether oxygens (including phenoxy) is 1. The van der Waals surface area contributed by atoms with Gasteiger partial charge in [0.05, 0.1) is 12.5 Å². The molecule has 8 heteroatoms. The van der Waals surface area contributed by atoms with Crippen molar-refractivity contribution < 1.29 is 24.5 Å². The van der Waals surface area contributed by atoms with Crippen LogP contribution in [0.3, 0.4) is 0 Å². The molecule has 2 aliphatic heterocycles. The van der Waals surface area contributed by atoms with E-state index in [0.29, 0.717) is 24.4 Å². The van der Waals surface area contributed by atoms with Gasteiger partial charge in [0.15, 0.2) is 0 Å². The summed E-state index contributed by atoms with van der Waals surface area (Å²) in [6.45, 7) is 7.31. The molecule has 2 aromatic rings. The molecule has 0 aliphatic carbocycles. The van der Waals surface area contributed by atoms with Gasteiger partial charge in [0.25, 0.3) is 0 Å². The Kier molecular flexibility index (Phi) is 6.58. The van der Waals surface area contributed by atoms with Crippen LogP contribution in [0, 0.1) is 0 Å².